The van der Waals surface area contributed by atoms with Gasteiger partial charge in [-0.25, -0.2) is 14.8 Å². The van der Waals surface area contributed by atoms with Gasteiger partial charge in [-0.05, 0) is 12.1 Å². The van der Waals surface area contributed by atoms with Crippen LogP contribution in [0, 0.1) is 0 Å². The summed E-state index contributed by atoms with van der Waals surface area (Å²) in [6.07, 6.45) is 1.45. The molecular formula is C19H14N2O2. The summed E-state index contributed by atoms with van der Waals surface area (Å²) in [5.74, 6) is -0.627. The number of pyridine rings is 1. The Bertz CT molecular complexity index is 802. The van der Waals surface area contributed by atoms with Gasteiger partial charge in [0.25, 0.3) is 0 Å². The van der Waals surface area contributed by atoms with E-state index in [4.69, 9.17) is 5.11 Å². The van der Waals surface area contributed by atoms with E-state index in [1.165, 1.54) is 18.3 Å². The molecular weight excluding hydrogens is 288 g/mol. The van der Waals surface area contributed by atoms with Gasteiger partial charge in [0.2, 0.25) is 0 Å². The van der Waals surface area contributed by atoms with Crippen LogP contribution in [0.3, 0.4) is 0 Å². The maximum absolute atomic E-state index is 11.1. The van der Waals surface area contributed by atoms with Crippen molar-refractivity contribution >= 4 is 17.5 Å². The molecule has 1 N–H and O–H groups in total. The zero-order valence-electron chi connectivity index (χ0n) is 12.3. The van der Waals surface area contributed by atoms with Crippen LogP contribution in [0.15, 0.2) is 84.0 Å². The average molecular weight is 302 g/mol. The number of aromatic carboxylic acids is 1. The lowest BCUT2D eigenvalue weighted by Crippen LogP contribution is -2.03. The number of rotatable bonds is 4. The molecule has 112 valence electrons. The molecule has 0 unspecified atom stereocenters. The van der Waals surface area contributed by atoms with E-state index in [9.17, 15) is 4.79 Å². The van der Waals surface area contributed by atoms with E-state index < -0.39 is 5.97 Å². The molecule has 0 fully saturated rings. The van der Waals surface area contributed by atoms with Gasteiger partial charge < -0.3 is 5.11 Å². The fourth-order valence-electron chi connectivity index (χ4n) is 2.21. The number of hydrogen-bond acceptors (Lipinski definition) is 3. The highest BCUT2D eigenvalue weighted by molar-refractivity contribution is 6.13. The molecule has 0 bridgehead atoms. The summed E-state index contributed by atoms with van der Waals surface area (Å²) in [5, 5.41) is 9.10. The Kier molecular flexibility index (Phi) is 4.25. The number of hydrogen-bond donors (Lipinski definition) is 1. The van der Waals surface area contributed by atoms with E-state index in [0.717, 1.165) is 16.8 Å². The van der Waals surface area contributed by atoms with Crippen molar-refractivity contribution in [3.63, 3.8) is 0 Å². The van der Waals surface area contributed by atoms with E-state index in [2.05, 4.69) is 9.98 Å². The molecule has 1 aromatic heterocycles. The topological polar surface area (TPSA) is 62.5 Å². The summed E-state index contributed by atoms with van der Waals surface area (Å²) in [6, 6.07) is 22.4. The van der Waals surface area contributed by atoms with Crippen molar-refractivity contribution in [1.82, 2.24) is 4.98 Å². The SMILES string of the molecule is O=C(O)c1ccnc(N=C(c2ccccc2)c2ccccc2)c1. The van der Waals surface area contributed by atoms with Gasteiger partial charge in [0, 0.05) is 17.3 Å². The van der Waals surface area contributed by atoms with Crippen LogP contribution in [-0.2, 0) is 0 Å². The molecule has 0 saturated carbocycles. The van der Waals surface area contributed by atoms with Crippen molar-refractivity contribution in [2.75, 3.05) is 0 Å². The zero-order valence-corrected chi connectivity index (χ0v) is 12.3. The summed E-state index contributed by atoms with van der Waals surface area (Å²) in [7, 11) is 0. The highest BCUT2D eigenvalue weighted by Gasteiger charge is 2.09. The minimum Gasteiger partial charge on any atom is -0.478 e. The lowest BCUT2D eigenvalue weighted by Gasteiger charge is -2.07. The third kappa shape index (κ3) is 3.49. The molecule has 23 heavy (non-hydrogen) atoms. The van der Waals surface area contributed by atoms with Gasteiger partial charge in [-0.15, -0.1) is 0 Å². The van der Waals surface area contributed by atoms with Gasteiger partial charge in [0.15, 0.2) is 5.82 Å². The summed E-state index contributed by atoms with van der Waals surface area (Å²) in [5.41, 5.74) is 2.81. The molecule has 4 heteroatoms. The Morgan fingerprint density at radius 3 is 1.91 bits per heavy atom. The Labute approximate surface area is 133 Å². The van der Waals surface area contributed by atoms with Crippen LogP contribution in [0.5, 0.6) is 0 Å². The van der Waals surface area contributed by atoms with Crippen LogP contribution in [0.4, 0.5) is 5.82 Å². The number of carbonyl (C=O) groups is 1. The predicted octanol–water partition coefficient (Wildman–Crippen LogP) is 3.95. The van der Waals surface area contributed by atoms with Crippen molar-refractivity contribution in [3.05, 3.63) is 95.7 Å². The molecule has 0 amide bonds. The third-order valence-electron chi connectivity index (χ3n) is 3.31. The van der Waals surface area contributed by atoms with Gasteiger partial charge in [0.05, 0.1) is 11.3 Å². The van der Waals surface area contributed by atoms with E-state index in [-0.39, 0.29) is 5.56 Å². The molecule has 0 saturated heterocycles. The summed E-state index contributed by atoms with van der Waals surface area (Å²) in [6.45, 7) is 0. The summed E-state index contributed by atoms with van der Waals surface area (Å²) in [4.78, 5) is 19.8. The normalized spacial score (nSPS) is 10.1. The first-order valence-electron chi connectivity index (χ1n) is 7.13. The van der Waals surface area contributed by atoms with E-state index in [0.29, 0.717) is 5.82 Å². The fraction of sp³-hybridized carbons (Fsp3) is 0. The van der Waals surface area contributed by atoms with Gasteiger partial charge in [0.1, 0.15) is 0 Å². The Hall–Kier alpha value is -3.27. The molecule has 1 heterocycles. The van der Waals surface area contributed by atoms with Crippen molar-refractivity contribution in [3.8, 4) is 0 Å². The molecule has 0 spiro atoms. The number of carboxylic acids is 1. The molecule has 2 aromatic carbocycles. The van der Waals surface area contributed by atoms with Gasteiger partial charge in [-0.1, -0.05) is 60.7 Å². The first kappa shape index (κ1) is 14.7. The number of benzene rings is 2. The lowest BCUT2D eigenvalue weighted by molar-refractivity contribution is 0.0697. The molecule has 3 aromatic rings. The maximum Gasteiger partial charge on any atom is 0.335 e. The monoisotopic (exact) mass is 302 g/mol. The molecule has 0 radical (unpaired) electrons. The molecule has 4 nitrogen and oxygen atoms in total. The van der Waals surface area contributed by atoms with Gasteiger partial charge in [-0.3, -0.25) is 0 Å². The predicted molar refractivity (Wildman–Crippen MR) is 89.4 cm³/mol. The molecule has 0 atom stereocenters. The minimum absolute atomic E-state index is 0.166. The molecule has 0 aliphatic carbocycles. The van der Waals surface area contributed by atoms with E-state index >= 15 is 0 Å². The minimum atomic E-state index is -0.996. The molecule has 0 aliphatic rings. The van der Waals surface area contributed by atoms with Crippen LogP contribution in [0.2, 0.25) is 0 Å². The summed E-state index contributed by atoms with van der Waals surface area (Å²) < 4.78 is 0. The third-order valence-corrected chi connectivity index (χ3v) is 3.31. The molecule has 3 rings (SSSR count). The first-order chi connectivity index (χ1) is 11.2. The number of aromatic nitrogens is 1. The van der Waals surface area contributed by atoms with Crippen LogP contribution in [0.1, 0.15) is 21.5 Å². The lowest BCUT2D eigenvalue weighted by atomic mass is 10.0. The van der Waals surface area contributed by atoms with E-state index in [1.807, 2.05) is 60.7 Å². The average Bonchev–Trinajstić information content (AvgIpc) is 2.61. The Morgan fingerprint density at radius 1 is 0.826 bits per heavy atom. The smallest absolute Gasteiger partial charge is 0.335 e. The van der Waals surface area contributed by atoms with Gasteiger partial charge >= 0.3 is 5.97 Å². The highest BCUT2D eigenvalue weighted by Crippen LogP contribution is 2.17. The second kappa shape index (κ2) is 6.66. The highest BCUT2D eigenvalue weighted by atomic mass is 16.4. The molecule has 0 aliphatic heterocycles. The number of aliphatic imine (C=N–C) groups is 1. The zero-order chi connectivity index (χ0) is 16.1. The maximum atomic E-state index is 11.1. The van der Waals surface area contributed by atoms with Crippen LogP contribution in [0.25, 0.3) is 0 Å². The standard InChI is InChI=1S/C19H14N2O2/c22-19(23)16-11-12-20-17(13-16)21-18(14-7-3-1-4-8-14)15-9-5-2-6-10-15/h1-13H,(H,22,23). The quantitative estimate of drug-likeness (QED) is 0.742. The van der Waals surface area contributed by atoms with Crippen molar-refractivity contribution in [1.29, 1.82) is 0 Å². The van der Waals surface area contributed by atoms with Crippen LogP contribution in [-0.4, -0.2) is 21.8 Å². The second-order valence-electron chi connectivity index (χ2n) is 4.90. The van der Waals surface area contributed by atoms with Crippen molar-refractivity contribution < 1.29 is 9.90 Å². The largest absolute Gasteiger partial charge is 0.478 e. The fourth-order valence-corrected chi connectivity index (χ4v) is 2.21. The Morgan fingerprint density at radius 2 is 1.39 bits per heavy atom. The number of nitrogens with zero attached hydrogens (tertiary/aromatic N) is 2. The second-order valence-corrected chi connectivity index (χ2v) is 4.90. The number of carboxylic acid groups (broad SMARTS) is 1. The van der Waals surface area contributed by atoms with Crippen LogP contribution >= 0.6 is 0 Å². The van der Waals surface area contributed by atoms with Gasteiger partial charge in [-0.2, -0.15) is 0 Å². The van der Waals surface area contributed by atoms with E-state index in [1.54, 1.807) is 0 Å². The summed E-state index contributed by atoms with van der Waals surface area (Å²) >= 11 is 0. The van der Waals surface area contributed by atoms with Crippen LogP contribution < -0.4 is 0 Å². The van der Waals surface area contributed by atoms with Crippen molar-refractivity contribution in [2.45, 2.75) is 0 Å². The Balaban J connectivity index is 2.12. The first-order valence-corrected chi connectivity index (χ1v) is 7.13. The van der Waals surface area contributed by atoms with Crippen molar-refractivity contribution in [2.24, 2.45) is 4.99 Å².